The molecular weight excluding hydrogens is 415 g/mol. The van der Waals surface area contributed by atoms with Crippen LogP contribution in [0.2, 0.25) is 10.0 Å². The molecule has 5 nitrogen and oxygen atoms in total. The van der Waals surface area contributed by atoms with Crippen LogP contribution in [0.15, 0.2) is 48.5 Å². The number of carbonyl (C=O) groups is 2. The topological polar surface area (TPSA) is 61.8 Å². The minimum Gasteiger partial charge on any atom is -0.459 e. The van der Waals surface area contributed by atoms with Crippen molar-refractivity contribution in [1.29, 1.82) is 0 Å². The zero-order chi connectivity index (χ0) is 19.4. The molecule has 8 heteroatoms. The number of ether oxygens (including phenoxy) is 3. The number of alkyl halides is 1. The summed E-state index contributed by atoms with van der Waals surface area (Å²) in [4.78, 5) is 24.4. The van der Waals surface area contributed by atoms with E-state index in [0.717, 1.165) is 0 Å². The number of esters is 2. The van der Waals surface area contributed by atoms with Crippen molar-refractivity contribution in [3.05, 3.63) is 69.7 Å². The maximum atomic E-state index is 12.3. The highest BCUT2D eigenvalue weighted by molar-refractivity contribution is 6.31. The van der Waals surface area contributed by atoms with Crippen molar-refractivity contribution in [2.75, 3.05) is 6.61 Å². The quantitative estimate of drug-likeness (QED) is 0.508. The van der Waals surface area contributed by atoms with Crippen molar-refractivity contribution in [1.82, 2.24) is 0 Å². The van der Waals surface area contributed by atoms with Crippen LogP contribution >= 0.6 is 34.8 Å². The van der Waals surface area contributed by atoms with E-state index < -0.39 is 29.7 Å². The highest BCUT2D eigenvalue weighted by Crippen LogP contribution is 2.27. The first kappa shape index (κ1) is 20.0. The summed E-state index contributed by atoms with van der Waals surface area (Å²) < 4.78 is 16.2. The fourth-order valence-electron chi connectivity index (χ4n) is 2.56. The zero-order valence-corrected chi connectivity index (χ0v) is 16.2. The van der Waals surface area contributed by atoms with Crippen LogP contribution < -0.4 is 0 Å². The summed E-state index contributed by atoms with van der Waals surface area (Å²) in [5.74, 6) is -1.06. The molecule has 1 aliphatic rings. The lowest BCUT2D eigenvalue weighted by molar-refractivity contribution is -0.0322. The molecule has 0 radical (unpaired) electrons. The van der Waals surface area contributed by atoms with Gasteiger partial charge in [0.25, 0.3) is 0 Å². The van der Waals surface area contributed by atoms with Crippen LogP contribution in [0.3, 0.4) is 0 Å². The Bertz CT molecular complexity index is 807. The molecule has 27 heavy (non-hydrogen) atoms. The molecule has 0 aliphatic carbocycles. The first-order valence-corrected chi connectivity index (χ1v) is 9.30. The number of halogens is 3. The Morgan fingerprint density at radius 1 is 0.926 bits per heavy atom. The summed E-state index contributed by atoms with van der Waals surface area (Å²) in [6, 6.07) is 12.6. The first-order valence-electron chi connectivity index (χ1n) is 8.11. The summed E-state index contributed by atoms with van der Waals surface area (Å²) in [6.07, 6.45) is -0.988. The van der Waals surface area contributed by atoms with Gasteiger partial charge in [0.1, 0.15) is 24.4 Å². The lowest BCUT2D eigenvalue weighted by Gasteiger charge is -2.19. The zero-order valence-electron chi connectivity index (χ0n) is 13.9. The van der Waals surface area contributed by atoms with Crippen molar-refractivity contribution in [2.45, 2.75) is 24.2 Å². The minimum atomic E-state index is -0.653. The molecule has 0 saturated carbocycles. The molecule has 1 aliphatic heterocycles. The van der Waals surface area contributed by atoms with E-state index in [-0.39, 0.29) is 6.61 Å². The molecule has 2 aromatic carbocycles. The van der Waals surface area contributed by atoms with E-state index in [4.69, 9.17) is 49.0 Å². The summed E-state index contributed by atoms with van der Waals surface area (Å²) in [5.41, 5.74) is 0.0797. The molecule has 3 atom stereocenters. The molecule has 0 bridgehead atoms. The van der Waals surface area contributed by atoms with E-state index in [1.54, 1.807) is 48.5 Å². The van der Waals surface area contributed by atoms with Gasteiger partial charge in [0, 0.05) is 16.5 Å². The van der Waals surface area contributed by atoms with E-state index in [1.165, 1.54) is 0 Å². The molecule has 2 aromatic rings. The van der Waals surface area contributed by atoms with Gasteiger partial charge in [0.15, 0.2) is 0 Å². The predicted octanol–water partition coefficient (Wildman–Crippen LogP) is 4.73. The Morgan fingerprint density at radius 3 is 2.00 bits per heavy atom. The van der Waals surface area contributed by atoms with Crippen molar-refractivity contribution in [3.63, 3.8) is 0 Å². The Hall–Kier alpha value is -1.79. The highest BCUT2D eigenvalue weighted by atomic mass is 35.5. The van der Waals surface area contributed by atoms with Crippen LogP contribution in [-0.4, -0.2) is 36.3 Å². The Kier molecular flexibility index (Phi) is 6.60. The maximum Gasteiger partial charge on any atom is 0.338 e. The number of carbonyl (C=O) groups excluding carboxylic acids is 2. The van der Waals surface area contributed by atoms with Gasteiger partial charge < -0.3 is 14.2 Å². The summed E-state index contributed by atoms with van der Waals surface area (Å²) in [7, 11) is 0. The lowest BCUT2D eigenvalue weighted by Crippen LogP contribution is -2.32. The van der Waals surface area contributed by atoms with Gasteiger partial charge in [-0.15, -0.1) is 0 Å². The lowest BCUT2D eigenvalue weighted by atomic mass is 10.2. The van der Waals surface area contributed by atoms with Crippen LogP contribution in [-0.2, 0) is 14.2 Å². The predicted molar refractivity (Wildman–Crippen MR) is 102 cm³/mol. The summed E-state index contributed by atoms with van der Waals surface area (Å²) in [5, 5.41) is 1.04. The van der Waals surface area contributed by atoms with Crippen LogP contribution in [0.5, 0.6) is 0 Å². The second-order valence-electron chi connectivity index (χ2n) is 5.88. The molecule has 1 saturated heterocycles. The third-order valence-electron chi connectivity index (χ3n) is 3.95. The summed E-state index contributed by atoms with van der Waals surface area (Å²) >= 11 is 17.6. The number of benzene rings is 2. The second-order valence-corrected chi connectivity index (χ2v) is 7.24. The SMILES string of the molecule is O=C(OCC1OC(Cl)CC1OC(=O)c1ccc(Cl)cc1)c1ccc(Cl)cc1. The van der Waals surface area contributed by atoms with Gasteiger partial charge in [-0.25, -0.2) is 9.59 Å². The van der Waals surface area contributed by atoms with Crippen LogP contribution in [0, 0.1) is 0 Å². The van der Waals surface area contributed by atoms with Crippen LogP contribution in [0.4, 0.5) is 0 Å². The third kappa shape index (κ3) is 5.36. The molecule has 3 rings (SSSR count). The molecule has 0 aromatic heterocycles. The van der Waals surface area contributed by atoms with Crippen LogP contribution in [0.1, 0.15) is 27.1 Å². The first-order chi connectivity index (χ1) is 12.9. The van der Waals surface area contributed by atoms with E-state index in [9.17, 15) is 9.59 Å². The van der Waals surface area contributed by atoms with Gasteiger partial charge in [-0.1, -0.05) is 34.8 Å². The number of hydrogen-bond donors (Lipinski definition) is 0. The Labute approximate surface area is 171 Å². The average molecular weight is 430 g/mol. The molecule has 1 heterocycles. The molecule has 0 amide bonds. The largest absolute Gasteiger partial charge is 0.459 e. The fraction of sp³-hybridized carbons (Fsp3) is 0.263. The monoisotopic (exact) mass is 428 g/mol. The smallest absolute Gasteiger partial charge is 0.338 e. The van der Waals surface area contributed by atoms with Crippen molar-refractivity contribution in [3.8, 4) is 0 Å². The number of hydrogen-bond acceptors (Lipinski definition) is 5. The molecule has 0 N–H and O–H groups in total. The van der Waals surface area contributed by atoms with Crippen LogP contribution in [0.25, 0.3) is 0 Å². The van der Waals surface area contributed by atoms with Gasteiger partial charge >= 0.3 is 11.9 Å². The van der Waals surface area contributed by atoms with Gasteiger partial charge in [0.2, 0.25) is 0 Å². The van der Waals surface area contributed by atoms with Crippen molar-refractivity contribution in [2.24, 2.45) is 0 Å². The summed E-state index contributed by atoms with van der Waals surface area (Å²) in [6.45, 7) is -0.0940. The Balaban J connectivity index is 1.58. The normalized spacial score (nSPS) is 21.7. The van der Waals surface area contributed by atoms with E-state index in [0.29, 0.717) is 27.6 Å². The molecule has 0 spiro atoms. The minimum absolute atomic E-state index is 0.0940. The van der Waals surface area contributed by atoms with Gasteiger partial charge in [-0.2, -0.15) is 0 Å². The highest BCUT2D eigenvalue weighted by Gasteiger charge is 2.38. The van der Waals surface area contributed by atoms with E-state index >= 15 is 0 Å². The van der Waals surface area contributed by atoms with Gasteiger partial charge in [-0.05, 0) is 48.5 Å². The van der Waals surface area contributed by atoms with Gasteiger partial charge in [0.05, 0.1) is 11.1 Å². The second kappa shape index (κ2) is 8.93. The maximum absolute atomic E-state index is 12.3. The average Bonchev–Trinajstić information content (AvgIpc) is 3.00. The fourth-order valence-corrected chi connectivity index (χ4v) is 3.12. The molecule has 1 fully saturated rings. The Morgan fingerprint density at radius 2 is 1.44 bits per heavy atom. The van der Waals surface area contributed by atoms with E-state index in [2.05, 4.69) is 0 Å². The standard InChI is InChI=1S/C19H15Cl3O5/c20-13-5-1-11(2-6-13)18(23)25-10-16-15(9-17(22)26-16)27-19(24)12-3-7-14(21)8-4-12/h1-8,15-17H,9-10H2. The molecule has 3 unspecified atom stereocenters. The third-order valence-corrected chi connectivity index (χ3v) is 4.74. The molecule has 142 valence electrons. The number of rotatable bonds is 5. The molecular formula is C19H15Cl3O5. The van der Waals surface area contributed by atoms with Crippen molar-refractivity contribution >= 4 is 46.7 Å². The van der Waals surface area contributed by atoms with Gasteiger partial charge in [-0.3, -0.25) is 0 Å². The van der Waals surface area contributed by atoms with Crippen molar-refractivity contribution < 1.29 is 23.8 Å². The van der Waals surface area contributed by atoms with E-state index in [1.807, 2.05) is 0 Å².